The van der Waals surface area contributed by atoms with Gasteiger partial charge in [-0.2, -0.15) is 13.2 Å². The van der Waals surface area contributed by atoms with Gasteiger partial charge in [-0.05, 0) is 24.6 Å². The van der Waals surface area contributed by atoms with Crippen molar-refractivity contribution in [2.45, 2.75) is 26.2 Å². The summed E-state index contributed by atoms with van der Waals surface area (Å²) in [5, 5.41) is 13.3. The Kier molecular flexibility index (Phi) is 5.78. The van der Waals surface area contributed by atoms with Crippen LogP contribution in [0.3, 0.4) is 0 Å². The number of rotatable bonds is 6. The molecule has 158 valence electrons. The molecule has 0 aliphatic rings. The van der Waals surface area contributed by atoms with Crippen molar-refractivity contribution in [3.63, 3.8) is 0 Å². The highest BCUT2D eigenvalue weighted by molar-refractivity contribution is 7.11. The van der Waals surface area contributed by atoms with Gasteiger partial charge in [-0.1, -0.05) is 23.5 Å². The van der Waals surface area contributed by atoms with Crippen LogP contribution in [0.1, 0.15) is 32.4 Å². The molecule has 1 aromatic carbocycles. The molecule has 3 aromatic rings. The van der Waals surface area contributed by atoms with Crippen LogP contribution in [-0.2, 0) is 19.3 Å². The predicted molar refractivity (Wildman–Crippen MR) is 100 cm³/mol. The van der Waals surface area contributed by atoms with Crippen molar-refractivity contribution in [1.82, 2.24) is 9.88 Å². The number of nitro benzene ring substituents is 1. The molecule has 0 saturated heterocycles. The average Bonchev–Trinajstić information content (AvgIpc) is 3.27. The van der Waals surface area contributed by atoms with Crippen molar-refractivity contribution < 1.29 is 27.3 Å². The van der Waals surface area contributed by atoms with E-state index in [1.807, 2.05) is 0 Å². The lowest BCUT2D eigenvalue weighted by Crippen LogP contribution is -2.23. The molecule has 0 fully saturated rings. The van der Waals surface area contributed by atoms with Gasteiger partial charge in [0, 0.05) is 24.4 Å². The number of thiazole rings is 1. The number of nitro groups is 1. The van der Waals surface area contributed by atoms with Gasteiger partial charge in [0.1, 0.15) is 10.6 Å². The summed E-state index contributed by atoms with van der Waals surface area (Å²) in [5.74, 6) is -1.77. The van der Waals surface area contributed by atoms with Crippen molar-refractivity contribution in [3.05, 3.63) is 83.8 Å². The second-order valence-corrected chi connectivity index (χ2v) is 7.20. The van der Waals surface area contributed by atoms with E-state index in [1.165, 1.54) is 31.2 Å². The number of halogens is 3. The van der Waals surface area contributed by atoms with Crippen molar-refractivity contribution in [1.29, 1.82) is 0 Å². The number of nitrogens with one attached hydrogen (secondary N) is 1. The van der Waals surface area contributed by atoms with Crippen LogP contribution in [0.4, 0.5) is 18.9 Å². The SMILES string of the molecule is Cc1c(C(=O)NCc2ccc([N+](=O)[O-])cc2)sc(=O)n1Cc1ccc(C(F)(F)F)o1. The fourth-order valence-corrected chi connectivity index (χ4v) is 3.55. The highest BCUT2D eigenvalue weighted by Crippen LogP contribution is 2.30. The van der Waals surface area contributed by atoms with E-state index in [0.717, 1.165) is 16.7 Å². The van der Waals surface area contributed by atoms with Crippen LogP contribution in [0.15, 0.2) is 45.6 Å². The minimum Gasteiger partial charge on any atom is -0.455 e. The highest BCUT2D eigenvalue weighted by Gasteiger charge is 2.34. The van der Waals surface area contributed by atoms with Gasteiger partial charge < -0.3 is 9.73 Å². The zero-order valence-corrected chi connectivity index (χ0v) is 16.2. The van der Waals surface area contributed by atoms with Gasteiger partial charge in [0.15, 0.2) is 0 Å². The highest BCUT2D eigenvalue weighted by atomic mass is 32.1. The Labute approximate surface area is 170 Å². The normalized spacial score (nSPS) is 11.5. The molecule has 0 unspecified atom stereocenters. The maximum atomic E-state index is 12.6. The smallest absolute Gasteiger partial charge is 0.449 e. The molecule has 2 heterocycles. The maximum absolute atomic E-state index is 12.6. The Morgan fingerprint density at radius 2 is 1.90 bits per heavy atom. The molecule has 0 atom stereocenters. The zero-order chi connectivity index (χ0) is 22.1. The molecule has 0 radical (unpaired) electrons. The number of aromatic nitrogens is 1. The van der Waals surface area contributed by atoms with E-state index in [-0.39, 0.29) is 35.1 Å². The van der Waals surface area contributed by atoms with Crippen LogP contribution in [-0.4, -0.2) is 15.4 Å². The summed E-state index contributed by atoms with van der Waals surface area (Å²) in [6, 6.07) is 7.50. The topological polar surface area (TPSA) is 107 Å². The summed E-state index contributed by atoms with van der Waals surface area (Å²) in [5.41, 5.74) is 0.827. The summed E-state index contributed by atoms with van der Waals surface area (Å²) in [7, 11) is 0. The molecule has 1 amide bonds. The lowest BCUT2D eigenvalue weighted by atomic mass is 10.2. The first-order valence-electron chi connectivity index (χ1n) is 8.44. The molecule has 3 rings (SSSR count). The third-order valence-electron chi connectivity index (χ3n) is 4.20. The largest absolute Gasteiger partial charge is 0.455 e. The van der Waals surface area contributed by atoms with Crippen molar-refractivity contribution >= 4 is 22.9 Å². The minimum atomic E-state index is -4.63. The van der Waals surface area contributed by atoms with E-state index in [9.17, 15) is 32.9 Å². The van der Waals surface area contributed by atoms with Crippen molar-refractivity contribution in [2.24, 2.45) is 0 Å². The quantitative estimate of drug-likeness (QED) is 0.464. The van der Waals surface area contributed by atoms with Gasteiger partial charge in [-0.25, -0.2) is 0 Å². The standard InChI is InChI=1S/C18H14F3N3O5S/c1-10-15(16(25)22-8-11-2-4-12(5-3-11)24(27)28)30-17(26)23(10)9-13-6-7-14(29-13)18(19,20)21/h2-7H,8-9H2,1H3,(H,22,25). The lowest BCUT2D eigenvalue weighted by Gasteiger charge is -2.06. The Bertz CT molecular complexity index is 1150. The molecule has 0 bridgehead atoms. The number of nitrogens with zero attached hydrogens (tertiary/aromatic N) is 2. The summed E-state index contributed by atoms with van der Waals surface area (Å²) < 4.78 is 43.8. The molecular weight excluding hydrogens is 427 g/mol. The Morgan fingerprint density at radius 1 is 1.23 bits per heavy atom. The first-order chi connectivity index (χ1) is 14.1. The lowest BCUT2D eigenvalue weighted by molar-refractivity contribution is -0.384. The molecular formula is C18H14F3N3O5S. The van der Waals surface area contributed by atoms with Gasteiger partial charge >= 0.3 is 11.0 Å². The molecule has 0 aliphatic carbocycles. The summed E-state index contributed by atoms with van der Waals surface area (Å²) in [6.07, 6.45) is -4.63. The third kappa shape index (κ3) is 4.59. The zero-order valence-electron chi connectivity index (χ0n) is 15.4. The van der Waals surface area contributed by atoms with Gasteiger partial charge in [0.2, 0.25) is 5.76 Å². The van der Waals surface area contributed by atoms with Crippen LogP contribution in [0, 0.1) is 17.0 Å². The predicted octanol–water partition coefficient (Wildman–Crippen LogP) is 3.72. The average molecular weight is 441 g/mol. The van der Waals surface area contributed by atoms with E-state index >= 15 is 0 Å². The monoisotopic (exact) mass is 441 g/mol. The van der Waals surface area contributed by atoms with Crippen LogP contribution in [0.2, 0.25) is 0 Å². The molecule has 1 N–H and O–H groups in total. The minimum absolute atomic E-state index is 0.0665. The molecule has 0 saturated carbocycles. The molecule has 8 nitrogen and oxygen atoms in total. The number of hydrogen-bond acceptors (Lipinski definition) is 6. The van der Waals surface area contributed by atoms with Gasteiger partial charge in [0.05, 0.1) is 11.5 Å². The van der Waals surface area contributed by atoms with Crippen molar-refractivity contribution in [3.8, 4) is 0 Å². The Balaban J connectivity index is 1.71. The molecule has 2 aromatic heterocycles. The number of benzene rings is 1. The summed E-state index contributed by atoms with van der Waals surface area (Å²) >= 11 is 0.664. The second-order valence-electron chi connectivity index (χ2n) is 6.24. The van der Waals surface area contributed by atoms with E-state index in [4.69, 9.17) is 4.42 Å². The fourth-order valence-electron chi connectivity index (χ4n) is 2.64. The number of carbonyl (C=O) groups excluding carboxylic acids is 1. The number of alkyl halides is 3. The number of furan rings is 1. The number of non-ortho nitro benzene ring substituents is 1. The summed E-state index contributed by atoms with van der Waals surface area (Å²) in [4.78, 5) is 34.4. The number of amides is 1. The van der Waals surface area contributed by atoms with E-state index in [2.05, 4.69) is 5.32 Å². The van der Waals surface area contributed by atoms with Crippen LogP contribution in [0.25, 0.3) is 0 Å². The van der Waals surface area contributed by atoms with E-state index in [1.54, 1.807) is 0 Å². The first kappa shape index (κ1) is 21.3. The number of hydrogen-bond donors (Lipinski definition) is 1. The van der Waals surface area contributed by atoms with Crippen LogP contribution < -0.4 is 10.2 Å². The molecule has 30 heavy (non-hydrogen) atoms. The van der Waals surface area contributed by atoms with Gasteiger partial charge in [-0.3, -0.25) is 24.3 Å². The van der Waals surface area contributed by atoms with Crippen LogP contribution in [0.5, 0.6) is 0 Å². The van der Waals surface area contributed by atoms with Gasteiger partial charge in [0.25, 0.3) is 11.6 Å². The second kappa shape index (κ2) is 8.14. The van der Waals surface area contributed by atoms with E-state index in [0.29, 0.717) is 16.9 Å². The first-order valence-corrected chi connectivity index (χ1v) is 9.25. The third-order valence-corrected chi connectivity index (χ3v) is 5.28. The molecule has 0 aliphatic heterocycles. The van der Waals surface area contributed by atoms with Crippen LogP contribution >= 0.6 is 11.3 Å². The molecule has 12 heteroatoms. The van der Waals surface area contributed by atoms with Crippen molar-refractivity contribution in [2.75, 3.05) is 0 Å². The summed E-state index contributed by atoms with van der Waals surface area (Å²) in [6.45, 7) is 1.34. The molecule has 0 spiro atoms. The maximum Gasteiger partial charge on any atom is 0.449 e. The number of carbonyl (C=O) groups is 1. The Morgan fingerprint density at radius 3 is 2.47 bits per heavy atom. The Hall–Kier alpha value is -3.41. The van der Waals surface area contributed by atoms with Gasteiger partial charge in [-0.15, -0.1) is 0 Å². The van der Waals surface area contributed by atoms with E-state index < -0.39 is 27.6 Å². The fraction of sp³-hybridized carbons (Fsp3) is 0.222.